The lowest BCUT2D eigenvalue weighted by Crippen LogP contribution is -2.46. The smallest absolute Gasteiger partial charge is 0.240 e. The van der Waals surface area contributed by atoms with Gasteiger partial charge in [0.05, 0.1) is 0 Å². The molecule has 1 aliphatic rings. The van der Waals surface area contributed by atoms with Crippen molar-refractivity contribution in [2.75, 3.05) is 0 Å². The summed E-state index contributed by atoms with van der Waals surface area (Å²) >= 11 is 0. The molecular formula is C20H22N2O2. The van der Waals surface area contributed by atoms with Gasteiger partial charge in [0.1, 0.15) is 6.04 Å². The van der Waals surface area contributed by atoms with E-state index in [0.29, 0.717) is 6.42 Å². The maximum absolute atomic E-state index is 12.5. The van der Waals surface area contributed by atoms with Crippen LogP contribution in [0.3, 0.4) is 0 Å². The molecule has 0 radical (unpaired) electrons. The van der Waals surface area contributed by atoms with Gasteiger partial charge in [0, 0.05) is 12.3 Å². The summed E-state index contributed by atoms with van der Waals surface area (Å²) < 4.78 is 0. The lowest BCUT2D eigenvalue weighted by atomic mass is 10.0. The van der Waals surface area contributed by atoms with E-state index in [0.717, 1.165) is 12.0 Å². The summed E-state index contributed by atoms with van der Waals surface area (Å²) in [7, 11) is 0. The molecule has 3 rings (SSSR count). The highest BCUT2D eigenvalue weighted by molar-refractivity contribution is 5.89. The molecule has 0 bridgehead atoms. The molecule has 2 aromatic rings. The highest BCUT2D eigenvalue weighted by Crippen LogP contribution is 2.48. The molecule has 1 saturated carbocycles. The molecule has 24 heavy (non-hydrogen) atoms. The second kappa shape index (κ2) is 6.87. The molecule has 4 heteroatoms. The second-order valence-electron chi connectivity index (χ2n) is 6.46. The van der Waals surface area contributed by atoms with Crippen molar-refractivity contribution in [1.29, 1.82) is 0 Å². The van der Waals surface area contributed by atoms with Gasteiger partial charge in [-0.15, -0.1) is 0 Å². The molecule has 0 saturated heterocycles. The predicted molar refractivity (Wildman–Crippen MR) is 93.3 cm³/mol. The van der Waals surface area contributed by atoms with Gasteiger partial charge >= 0.3 is 0 Å². The Labute approximate surface area is 142 Å². The zero-order valence-electron chi connectivity index (χ0n) is 13.7. The highest BCUT2D eigenvalue weighted by Gasteiger charge is 2.45. The SMILES string of the molecule is Cc1ccccc1C1CC1C(=O)NC(Cc1ccccc1)C(N)=O. The Balaban J connectivity index is 1.63. The van der Waals surface area contributed by atoms with Crippen molar-refractivity contribution < 1.29 is 9.59 Å². The lowest BCUT2D eigenvalue weighted by molar-refractivity contribution is -0.128. The number of hydrogen-bond acceptors (Lipinski definition) is 2. The Morgan fingerprint density at radius 2 is 1.79 bits per heavy atom. The number of carbonyl (C=O) groups is 2. The molecule has 0 heterocycles. The normalized spacial score (nSPS) is 20.2. The van der Waals surface area contributed by atoms with Crippen LogP contribution in [0.25, 0.3) is 0 Å². The van der Waals surface area contributed by atoms with Gasteiger partial charge in [0.25, 0.3) is 0 Å². The first kappa shape index (κ1) is 16.2. The van der Waals surface area contributed by atoms with Crippen LogP contribution in [0, 0.1) is 12.8 Å². The number of carbonyl (C=O) groups excluding carboxylic acids is 2. The van der Waals surface area contributed by atoms with Gasteiger partial charge in [-0.3, -0.25) is 9.59 Å². The lowest BCUT2D eigenvalue weighted by Gasteiger charge is -2.16. The van der Waals surface area contributed by atoms with E-state index in [1.165, 1.54) is 11.1 Å². The second-order valence-corrected chi connectivity index (χ2v) is 6.46. The molecule has 124 valence electrons. The summed E-state index contributed by atoms with van der Waals surface area (Å²) in [5.41, 5.74) is 8.87. The fraction of sp³-hybridized carbons (Fsp3) is 0.300. The van der Waals surface area contributed by atoms with E-state index in [1.807, 2.05) is 42.5 Å². The molecule has 2 amide bonds. The quantitative estimate of drug-likeness (QED) is 0.856. The van der Waals surface area contributed by atoms with Crippen molar-refractivity contribution in [3.05, 3.63) is 71.3 Å². The summed E-state index contributed by atoms with van der Waals surface area (Å²) in [6.45, 7) is 2.06. The van der Waals surface area contributed by atoms with Gasteiger partial charge in [0.2, 0.25) is 11.8 Å². The fourth-order valence-corrected chi connectivity index (χ4v) is 3.18. The third-order valence-electron chi connectivity index (χ3n) is 4.66. The van der Waals surface area contributed by atoms with Gasteiger partial charge in [-0.05, 0) is 36.0 Å². The summed E-state index contributed by atoms with van der Waals surface area (Å²) in [5.74, 6) is -0.400. The number of amides is 2. The Morgan fingerprint density at radius 1 is 1.12 bits per heavy atom. The number of rotatable bonds is 6. The predicted octanol–water partition coefficient (Wildman–Crippen LogP) is 2.31. The Bertz CT molecular complexity index is 742. The molecule has 0 aromatic heterocycles. The zero-order chi connectivity index (χ0) is 17.1. The Hall–Kier alpha value is -2.62. The molecule has 4 nitrogen and oxygen atoms in total. The Kier molecular flexibility index (Phi) is 4.65. The fourth-order valence-electron chi connectivity index (χ4n) is 3.18. The van der Waals surface area contributed by atoms with Gasteiger partial charge in [-0.1, -0.05) is 54.6 Å². The van der Waals surface area contributed by atoms with Crippen molar-refractivity contribution in [3.63, 3.8) is 0 Å². The highest BCUT2D eigenvalue weighted by atomic mass is 16.2. The maximum Gasteiger partial charge on any atom is 0.240 e. The molecule has 0 spiro atoms. The topological polar surface area (TPSA) is 72.2 Å². The first-order chi connectivity index (χ1) is 11.6. The van der Waals surface area contributed by atoms with E-state index < -0.39 is 11.9 Å². The van der Waals surface area contributed by atoms with Gasteiger partial charge in [-0.25, -0.2) is 0 Å². The molecule has 0 aliphatic heterocycles. The average molecular weight is 322 g/mol. The number of nitrogens with one attached hydrogen (secondary N) is 1. The molecule has 1 aliphatic carbocycles. The van der Waals surface area contributed by atoms with Crippen LogP contribution in [-0.4, -0.2) is 17.9 Å². The third kappa shape index (κ3) is 3.65. The van der Waals surface area contributed by atoms with Crippen LogP contribution in [0.4, 0.5) is 0 Å². The van der Waals surface area contributed by atoms with E-state index in [1.54, 1.807) is 0 Å². The Morgan fingerprint density at radius 3 is 2.46 bits per heavy atom. The van der Waals surface area contributed by atoms with Crippen LogP contribution in [0.1, 0.15) is 29.0 Å². The monoisotopic (exact) mass is 322 g/mol. The summed E-state index contributed by atoms with van der Waals surface area (Å²) in [6, 6.07) is 17.0. The van der Waals surface area contributed by atoms with Crippen LogP contribution in [0.15, 0.2) is 54.6 Å². The van der Waals surface area contributed by atoms with Gasteiger partial charge in [-0.2, -0.15) is 0 Å². The molecule has 2 aromatic carbocycles. The zero-order valence-corrected chi connectivity index (χ0v) is 13.7. The maximum atomic E-state index is 12.5. The van der Waals surface area contributed by atoms with E-state index in [2.05, 4.69) is 24.4 Å². The first-order valence-electron chi connectivity index (χ1n) is 8.25. The first-order valence-corrected chi connectivity index (χ1v) is 8.25. The van der Waals surface area contributed by atoms with E-state index >= 15 is 0 Å². The number of primary amides is 1. The minimum Gasteiger partial charge on any atom is -0.368 e. The van der Waals surface area contributed by atoms with Gasteiger partial charge < -0.3 is 11.1 Å². The number of aryl methyl sites for hydroxylation is 1. The van der Waals surface area contributed by atoms with Crippen molar-refractivity contribution in [1.82, 2.24) is 5.32 Å². The standard InChI is InChI=1S/C20H22N2O2/c1-13-7-5-6-10-15(13)16-12-17(16)20(24)22-18(19(21)23)11-14-8-3-2-4-9-14/h2-10,16-18H,11-12H2,1H3,(H2,21,23)(H,22,24). The van der Waals surface area contributed by atoms with E-state index in [-0.39, 0.29) is 17.7 Å². The number of benzene rings is 2. The van der Waals surface area contributed by atoms with Crippen molar-refractivity contribution in [3.8, 4) is 0 Å². The minimum atomic E-state index is -0.668. The van der Waals surface area contributed by atoms with Crippen molar-refractivity contribution in [2.24, 2.45) is 11.7 Å². The van der Waals surface area contributed by atoms with Crippen LogP contribution >= 0.6 is 0 Å². The third-order valence-corrected chi connectivity index (χ3v) is 4.66. The summed E-state index contributed by atoms with van der Waals surface area (Å²) in [6.07, 6.45) is 1.25. The van der Waals surface area contributed by atoms with Crippen LogP contribution in [0.5, 0.6) is 0 Å². The largest absolute Gasteiger partial charge is 0.368 e. The molecule has 3 N–H and O–H groups in total. The van der Waals surface area contributed by atoms with E-state index in [9.17, 15) is 9.59 Å². The molecule has 1 fully saturated rings. The van der Waals surface area contributed by atoms with Crippen molar-refractivity contribution >= 4 is 11.8 Å². The summed E-state index contributed by atoms with van der Waals surface area (Å²) in [4.78, 5) is 24.2. The van der Waals surface area contributed by atoms with Crippen LogP contribution in [0.2, 0.25) is 0 Å². The van der Waals surface area contributed by atoms with Crippen molar-refractivity contribution in [2.45, 2.75) is 31.7 Å². The number of nitrogens with two attached hydrogens (primary N) is 1. The van der Waals surface area contributed by atoms with Crippen LogP contribution in [-0.2, 0) is 16.0 Å². The van der Waals surface area contributed by atoms with Gasteiger partial charge in [0.15, 0.2) is 0 Å². The van der Waals surface area contributed by atoms with E-state index in [4.69, 9.17) is 5.73 Å². The molecular weight excluding hydrogens is 300 g/mol. The average Bonchev–Trinajstić information content (AvgIpc) is 3.36. The molecule has 3 unspecified atom stereocenters. The molecule has 3 atom stereocenters. The summed E-state index contributed by atoms with van der Waals surface area (Å²) in [5, 5.41) is 2.83. The van der Waals surface area contributed by atoms with Crippen LogP contribution < -0.4 is 11.1 Å². The number of hydrogen-bond donors (Lipinski definition) is 2. The minimum absolute atomic E-state index is 0.0660.